The molecule has 1 unspecified atom stereocenters. The van der Waals surface area contributed by atoms with Crippen LogP contribution < -0.4 is 11.3 Å². The minimum absolute atomic E-state index is 0.171. The monoisotopic (exact) mass is 382 g/mol. The molecule has 0 amide bonds. The quantitative estimate of drug-likeness (QED) is 0.361. The van der Waals surface area contributed by atoms with Crippen molar-refractivity contribution >= 4 is 27.5 Å². The Kier molecular flexibility index (Phi) is 4.88. The summed E-state index contributed by atoms with van der Waals surface area (Å²) in [6.45, 7) is 0. The minimum Gasteiger partial charge on any atom is -0.271 e. The molecule has 0 aliphatic carbocycles. The molecule has 112 valence electrons. The average molecular weight is 384 g/mol. The summed E-state index contributed by atoms with van der Waals surface area (Å²) in [6.07, 6.45) is 0. The van der Waals surface area contributed by atoms with Gasteiger partial charge in [0.25, 0.3) is 0 Å². The number of nitrogens with two attached hydrogens (primary N) is 1. The lowest BCUT2D eigenvalue weighted by Crippen LogP contribution is -2.31. The zero-order valence-corrected chi connectivity index (χ0v) is 12.6. The highest BCUT2D eigenvalue weighted by Gasteiger charge is 2.26. The topological polar surface area (TPSA) is 38.0 Å². The Labute approximate surface area is 131 Å². The summed E-state index contributed by atoms with van der Waals surface area (Å²) in [4.78, 5) is 0. The summed E-state index contributed by atoms with van der Waals surface area (Å²) in [5, 5.41) is -0.254. The summed E-state index contributed by atoms with van der Waals surface area (Å²) in [7, 11) is 0. The molecule has 2 aromatic rings. The lowest BCUT2D eigenvalue weighted by Gasteiger charge is -2.19. The largest absolute Gasteiger partial charge is 0.271 e. The Morgan fingerprint density at radius 1 is 1.10 bits per heavy atom. The maximum Gasteiger partial charge on any atom is 0.148 e. The van der Waals surface area contributed by atoms with Gasteiger partial charge in [0, 0.05) is 27.7 Å². The van der Waals surface area contributed by atoms with Gasteiger partial charge in [0.1, 0.15) is 23.3 Å². The SMILES string of the molecule is NNC(c1ccc(Br)c(Cl)c1F)c1c(F)cc(F)cc1F. The Hall–Kier alpha value is -1.15. The first-order valence-electron chi connectivity index (χ1n) is 5.60. The number of hydrogen-bond donors (Lipinski definition) is 2. The van der Waals surface area contributed by atoms with Gasteiger partial charge >= 0.3 is 0 Å². The van der Waals surface area contributed by atoms with Gasteiger partial charge in [0.2, 0.25) is 0 Å². The van der Waals surface area contributed by atoms with Crippen molar-refractivity contribution in [2.75, 3.05) is 0 Å². The molecule has 3 N–H and O–H groups in total. The van der Waals surface area contributed by atoms with Crippen LogP contribution in [0.5, 0.6) is 0 Å². The lowest BCUT2D eigenvalue weighted by atomic mass is 9.97. The lowest BCUT2D eigenvalue weighted by molar-refractivity contribution is 0.481. The molecule has 0 fully saturated rings. The van der Waals surface area contributed by atoms with E-state index in [1.54, 1.807) is 0 Å². The van der Waals surface area contributed by atoms with Crippen LogP contribution in [0.2, 0.25) is 5.02 Å². The Bertz CT molecular complexity index is 673. The standard InChI is InChI=1S/C13H8BrClF4N2/c14-7-2-1-6(12(19)11(7)15)13(21-20)10-8(17)3-5(16)4-9(10)18/h1-4,13,21H,20H2. The highest BCUT2D eigenvalue weighted by atomic mass is 79.9. The highest BCUT2D eigenvalue weighted by Crippen LogP contribution is 2.34. The third kappa shape index (κ3) is 3.06. The van der Waals surface area contributed by atoms with Crippen LogP contribution in [0, 0.1) is 23.3 Å². The molecule has 0 radical (unpaired) electrons. The fraction of sp³-hybridized carbons (Fsp3) is 0.0769. The molecule has 0 spiro atoms. The number of nitrogens with one attached hydrogen (secondary N) is 1. The fourth-order valence-electron chi connectivity index (χ4n) is 1.92. The van der Waals surface area contributed by atoms with E-state index in [4.69, 9.17) is 17.4 Å². The van der Waals surface area contributed by atoms with Gasteiger partial charge in [-0.15, -0.1) is 0 Å². The summed E-state index contributed by atoms with van der Waals surface area (Å²) in [5.41, 5.74) is 1.33. The zero-order valence-electron chi connectivity index (χ0n) is 10.2. The van der Waals surface area contributed by atoms with Crippen molar-refractivity contribution in [2.24, 2.45) is 5.84 Å². The number of rotatable bonds is 3. The predicted molar refractivity (Wildman–Crippen MR) is 74.6 cm³/mol. The second-order valence-electron chi connectivity index (χ2n) is 4.15. The van der Waals surface area contributed by atoms with Crippen LogP contribution in [0.25, 0.3) is 0 Å². The predicted octanol–water partition coefficient (Wildman–Crippen LogP) is 4.21. The van der Waals surface area contributed by atoms with Gasteiger partial charge in [-0.2, -0.15) is 0 Å². The van der Waals surface area contributed by atoms with Gasteiger partial charge in [0.05, 0.1) is 11.1 Å². The number of hydrazine groups is 1. The summed E-state index contributed by atoms with van der Waals surface area (Å²) < 4.78 is 55.0. The molecule has 21 heavy (non-hydrogen) atoms. The van der Waals surface area contributed by atoms with E-state index >= 15 is 0 Å². The van der Waals surface area contributed by atoms with Gasteiger partial charge in [-0.05, 0) is 22.0 Å². The van der Waals surface area contributed by atoms with Crippen LogP contribution in [0.3, 0.4) is 0 Å². The van der Waals surface area contributed by atoms with E-state index in [0.29, 0.717) is 12.1 Å². The van der Waals surface area contributed by atoms with E-state index in [9.17, 15) is 17.6 Å². The maximum absolute atomic E-state index is 14.2. The number of halogens is 6. The summed E-state index contributed by atoms with van der Waals surface area (Å²) in [5.74, 6) is 0.923. The van der Waals surface area contributed by atoms with Crippen LogP contribution in [0.4, 0.5) is 17.6 Å². The molecule has 0 aliphatic heterocycles. The van der Waals surface area contributed by atoms with Crippen LogP contribution in [-0.4, -0.2) is 0 Å². The Morgan fingerprint density at radius 3 is 2.19 bits per heavy atom. The molecule has 0 aliphatic rings. The molecule has 0 bridgehead atoms. The average Bonchev–Trinajstić information content (AvgIpc) is 2.41. The second-order valence-corrected chi connectivity index (χ2v) is 5.38. The second kappa shape index (κ2) is 6.31. The van der Waals surface area contributed by atoms with E-state index in [2.05, 4.69) is 21.4 Å². The van der Waals surface area contributed by atoms with Crippen molar-refractivity contribution in [3.8, 4) is 0 Å². The molecule has 2 aromatic carbocycles. The van der Waals surface area contributed by atoms with Gasteiger partial charge in [0.15, 0.2) is 0 Å². The highest BCUT2D eigenvalue weighted by molar-refractivity contribution is 9.10. The van der Waals surface area contributed by atoms with Gasteiger partial charge in [-0.25, -0.2) is 23.0 Å². The molecule has 1 atom stereocenters. The molecule has 0 saturated carbocycles. The Balaban J connectivity index is 2.64. The number of hydrogen-bond acceptors (Lipinski definition) is 2. The summed E-state index contributed by atoms with van der Waals surface area (Å²) >= 11 is 8.76. The molecule has 8 heteroatoms. The molecule has 0 aromatic heterocycles. The third-order valence-electron chi connectivity index (χ3n) is 2.88. The number of benzene rings is 2. The van der Waals surface area contributed by atoms with Crippen molar-refractivity contribution in [1.29, 1.82) is 0 Å². The fourth-order valence-corrected chi connectivity index (χ4v) is 2.40. The van der Waals surface area contributed by atoms with E-state index in [1.807, 2.05) is 0 Å². The van der Waals surface area contributed by atoms with Crippen LogP contribution >= 0.6 is 27.5 Å². The van der Waals surface area contributed by atoms with Crippen molar-refractivity contribution in [3.63, 3.8) is 0 Å². The molecule has 2 rings (SSSR count). The van der Waals surface area contributed by atoms with Crippen molar-refractivity contribution < 1.29 is 17.6 Å². The van der Waals surface area contributed by atoms with Crippen molar-refractivity contribution in [1.82, 2.24) is 5.43 Å². The van der Waals surface area contributed by atoms with Gasteiger partial charge in [-0.3, -0.25) is 5.84 Å². The van der Waals surface area contributed by atoms with Gasteiger partial charge < -0.3 is 0 Å². The smallest absolute Gasteiger partial charge is 0.148 e. The first-order valence-corrected chi connectivity index (χ1v) is 6.77. The van der Waals surface area contributed by atoms with E-state index < -0.39 is 34.9 Å². The minimum atomic E-state index is -1.36. The molecular weight excluding hydrogens is 376 g/mol. The van der Waals surface area contributed by atoms with Gasteiger partial charge in [-0.1, -0.05) is 17.7 Å². The molecular formula is C13H8BrClF4N2. The summed E-state index contributed by atoms with van der Waals surface area (Å²) in [6, 6.07) is 2.28. The maximum atomic E-state index is 14.2. The van der Waals surface area contributed by atoms with Crippen LogP contribution in [0.1, 0.15) is 17.2 Å². The van der Waals surface area contributed by atoms with Crippen molar-refractivity contribution in [2.45, 2.75) is 6.04 Å². The van der Waals surface area contributed by atoms with E-state index in [-0.39, 0.29) is 15.1 Å². The normalized spacial score (nSPS) is 12.5. The first kappa shape index (κ1) is 16.2. The molecule has 0 saturated heterocycles. The Morgan fingerprint density at radius 2 is 1.67 bits per heavy atom. The van der Waals surface area contributed by atoms with E-state index in [0.717, 1.165) is 0 Å². The molecule has 0 heterocycles. The van der Waals surface area contributed by atoms with Crippen molar-refractivity contribution in [3.05, 3.63) is 68.2 Å². The zero-order chi connectivity index (χ0) is 15.7. The third-order valence-corrected chi connectivity index (χ3v) is 4.13. The van der Waals surface area contributed by atoms with Crippen LogP contribution in [-0.2, 0) is 0 Å². The first-order chi connectivity index (χ1) is 9.86. The molecule has 2 nitrogen and oxygen atoms in total. The van der Waals surface area contributed by atoms with E-state index in [1.165, 1.54) is 12.1 Å². The van der Waals surface area contributed by atoms with Crippen LogP contribution in [0.15, 0.2) is 28.7 Å².